The number of piperidine rings is 1. The van der Waals surface area contributed by atoms with E-state index in [0.717, 1.165) is 18.4 Å². The van der Waals surface area contributed by atoms with Crippen LogP contribution in [0, 0.1) is 6.92 Å². The van der Waals surface area contributed by atoms with Crippen molar-refractivity contribution in [3.05, 3.63) is 29.2 Å². The van der Waals surface area contributed by atoms with E-state index in [2.05, 4.69) is 27.4 Å². The molecule has 2 aliphatic rings. The minimum Gasteiger partial charge on any atom is -0.474 e. The molecule has 2 aliphatic heterocycles. The van der Waals surface area contributed by atoms with Crippen LogP contribution in [-0.2, 0) is 0 Å². The van der Waals surface area contributed by atoms with Crippen molar-refractivity contribution in [1.82, 2.24) is 15.3 Å². The van der Waals surface area contributed by atoms with E-state index in [-0.39, 0.29) is 6.10 Å². The van der Waals surface area contributed by atoms with Gasteiger partial charge in [0.25, 0.3) is 0 Å². The summed E-state index contributed by atoms with van der Waals surface area (Å²) in [6, 6.07) is 0.882. The van der Waals surface area contributed by atoms with Crippen molar-refractivity contribution in [2.75, 3.05) is 0 Å². The van der Waals surface area contributed by atoms with E-state index in [0.29, 0.717) is 23.1 Å². The van der Waals surface area contributed by atoms with Gasteiger partial charge >= 0.3 is 0 Å². The molecule has 0 aromatic carbocycles. The largest absolute Gasteiger partial charge is 0.474 e. The van der Waals surface area contributed by atoms with Crippen LogP contribution >= 0.6 is 11.6 Å². The van der Waals surface area contributed by atoms with E-state index in [1.54, 1.807) is 0 Å². The van der Waals surface area contributed by atoms with Crippen LogP contribution in [0.15, 0.2) is 18.5 Å². The Labute approximate surface area is 105 Å². The fraction of sp³-hybridized carbons (Fsp3) is 0.500. The predicted molar refractivity (Wildman–Crippen MR) is 65.3 cm³/mol. The topological polar surface area (TPSA) is 47.0 Å². The van der Waals surface area contributed by atoms with Gasteiger partial charge in [-0.3, -0.25) is 0 Å². The summed E-state index contributed by atoms with van der Waals surface area (Å²) in [5.74, 6) is 0.608. The molecular formula is C12H14ClN3O. The van der Waals surface area contributed by atoms with Crippen LogP contribution < -0.4 is 10.1 Å². The molecule has 17 heavy (non-hydrogen) atoms. The number of nitrogens with one attached hydrogen (secondary N) is 1. The summed E-state index contributed by atoms with van der Waals surface area (Å²) in [6.07, 6.45) is 8.04. The van der Waals surface area contributed by atoms with E-state index in [1.165, 1.54) is 6.33 Å². The average molecular weight is 252 g/mol. The Morgan fingerprint density at radius 3 is 2.71 bits per heavy atom. The summed E-state index contributed by atoms with van der Waals surface area (Å²) in [5.41, 5.74) is 0.813. The summed E-state index contributed by atoms with van der Waals surface area (Å²) in [7, 11) is 0. The minimum absolute atomic E-state index is 0.200. The zero-order chi connectivity index (χ0) is 11.8. The third-order valence-electron chi connectivity index (χ3n) is 3.29. The maximum Gasteiger partial charge on any atom is 0.221 e. The highest BCUT2D eigenvalue weighted by atomic mass is 35.5. The van der Waals surface area contributed by atoms with Gasteiger partial charge in [0, 0.05) is 30.5 Å². The lowest BCUT2D eigenvalue weighted by Crippen LogP contribution is -2.43. The first-order chi connectivity index (χ1) is 8.22. The number of halogens is 1. The summed E-state index contributed by atoms with van der Waals surface area (Å²) < 4.78 is 5.93. The van der Waals surface area contributed by atoms with Gasteiger partial charge in [0.15, 0.2) is 0 Å². The number of ether oxygens (including phenoxy) is 1. The summed E-state index contributed by atoms with van der Waals surface area (Å²) in [6.45, 7) is 1.88. The maximum absolute atomic E-state index is 5.95. The van der Waals surface area contributed by atoms with Crippen LogP contribution in [0.1, 0.15) is 18.4 Å². The van der Waals surface area contributed by atoms with Crippen molar-refractivity contribution >= 4 is 11.6 Å². The molecule has 3 rings (SSSR count). The number of hydrogen-bond donors (Lipinski definition) is 1. The second-order valence-electron chi connectivity index (χ2n) is 4.57. The summed E-state index contributed by atoms with van der Waals surface area (Å²) in [4.78, 5) is 8.07. The average Bonchev–Trinajstić information content (AvgIpc) is 2.65. The zero-order valence-corrected chi connectivity index (χ0v) is 10.3. The third kappa shape index (κ3) is 2.15. The molecule has 2 atom stereocenters. The van der Waals surface area contributed by atoms with E-state index >= 15 is 0 Å². The van der Waals surface area contributed by atoms with Crippen LogP contribution in [0.25, 0.3) is 0 Å². The molecule has 1 aromatic heterocycles. The molecule has 0 amide bonds. The van der Waals surface area contributed by atoms with Crippen molar-refractivity contribution in [1.29, 1.82) is 0 Å². The molecule has 1 fully saturated rings. The lowest BCUT2D eigenvalue weighted by molar-refractivity contribution is 0.135. The number of rotatable bonds is 2. The number of nitrogens with zero attached hydrogens (tertiary/aromatic N) is 2. The quantitative estimate of drug-likeness (QED) is 0.644. The van der Waals surface area contributed by atoms with Crippen molar-refractivity contribution in [3.63, 3.8) is 0 Å². The summed E-state index contributed by atoms with van der Waals surface area (Å²) >= 11 is 5.95. The molecule has 5 heteroatoms. The van der Waals surface area contributed by atoms with E-state index in [4.69, 9.17) is 16.3 Å². The van der Waals surface area contributed by atoms with Crippen molar-refractivity contribution < 1.29 is 4.74 Å². The van der Waals surface area contributed by atoms with E-state index in [9.17, 15) is 0 Å². The highest BCUT2D eigenvalue weighted by Crippen LogP contribution is 2.27. The minimum atomic E-state index is 0.200. The Kier molecular flexibility index (Phi) is 2.76. The Morgan fingerprint density at radius 2 is 2.00 bits per heavy atom. The van der Waals surface area contributed by atoms with Gasteiger partial charge in [-0.25, -0.2) is 9.97 Å². The van der Waals surface area contributed by atoms with Crippen LogP contribution in [0.3, 0.4) is 0 Å². The van der Waals surface area contributed by atoms with Crippen LogP contribution in [0.4, 0.5) is 0 Å². The van der Waals surface area contributed by atoms with E-state index < -0.39 is 0 Å². The first-order valence-corrected chi connectivity index (χ1v) is 6.18. The Hall–Kier alpha value is -1.13. The van der Waals surface area contributed by atoms with Gasteiger partial charge in [-0.2, -0.15) is 0 Å². The van der Waals surface area contributed by atoms with E-state index in [1.807, 2.05) is 6.92 Å². The fourth-order valence-corrected chi connectivity index (χ4v) is 2.52. The first-order valence-electron chi connectivity index (χ1n) is 5.80. The molecule has 0 spiro atoms. The lowest BCUT2D eigenvalue weighted by Gasteiger charge is -2.29. The monoisotopic (exact) mass is 251 g/mol. The van der Waals surface area contributed by atoms with Gasteiger partial charge in [0.1, 0.15) is 17.6 Å². The molecule has 1 N–H and O–H groups in total. The number of aromatic nitrogens is 2. The molecule has 3 heterocycles. The van der Waals surface area contributed by atoms with Crippen molar-refractivity contribution in [2.45, 2.75) is 38.0 Å². The normalized spacial score (nSPS) is 30.6. The standard InChI is InChI=1S/C12H14ClN3O/c1-7-11(13)14-6-15-12(7)17-10-4-8-2-3-9(5-10)16-8/h2-3,6,8-10,16H,4-5H2,1H3/t8-,9-/m0/s1. The molecule has 0 unspecified atom stereocenters. The molecular weight excluding hydrogens is 238 g/mol. The van der Waals surface area contributed by atoms with Crippen molar-refractivity contribution in [3.8, 4) is 5.88 Å². The highest BCUT2D eigenvalue weighted by Gasteiger charge is 2.31. The first kappa shape index (κ1) is 11.0. The van der Waals surface area contributed by atoms with Crippen LogP contribution in [0.2, 0.25) is 5.15 Å². The zero-order valence-electron chi connectivity index (χ0n) is 9.56. The SMILES string of the molecule is Cc1c(Cl)ncnc1OC1C[C@@H]2C=C[C@@H](C1)N2. The maximum atomic E-state index is 5.95. The third-order valence-corrected chi connectivity index (χ3v) is 3.67. The van der Waals surface area contributed by atoms with Gasteiger partial charge in [-0.1, -0.05) is 23.8 Å². The lowest BCUT2D eigenvalue weighted by atomic mass is 10.0. The second-order valence-corrected chi connectivity index (χ2v) is 4.93. The van der Waals surface area contributed by atoms with Gasteiger partial charge < -0.3 is 10.1 Å². The molecule has 0 radical (unpaired) electrons. The smallest absolute Gasteiger partial charge is 0.221 e. The number of fused-ring (bicyclic) bond motifs is 2. The second kappa shape index (κ2) is 4.27. The van der Waals surface area contributed by atoms with Crippen molar-refractivity contribution in [2.24, 2.45) is 0 Å². The highest BCUT2D eigenvalue weighted by molar-refractivity contribution is 6.30. The Balaban J connectivity index is 1.73. The Morgan fingerprint density at radius 1 is 1.29 bits per heavy atom. The van der Waals surface area contributed by atoms with Crippen LogP contribution in [-0.4, -0.2) is 28.2 Å². The predicted octanol–water partition coefficient (Wildman–Crippen LogP) is 1.88. The molecule has 0 aliphatic carbocycles. The summed E-state index contributed by atoms with van der Waals surface area (Å²) in [5, 5.41) is 3.95. The van der Waals surface area contributed by atoms with Gasteiger partial charge in [0.05, 0.1) is 0 Å². The molecule has 2 bridgehead atoms. The molecule has 90 valence electrons. The molecule has 1 saturated heterocycles. The van der Waals surface area contributed by atoms with Gasteiger partial charge in [0.2, 0.25) is 5.88 Å². The molecule has 4 nitrogen and oxygen atoms in total. The Bertz CT molecular complexity index is 449. The van der Waals surface area contributed by atoms with Crippen LogP contribution in [0.5, 0.6) is 5.88 Å². The van der Waals surface area contributed by atoms with Gasteiger partial charge in [-0.05, 0) is 6.92 Å². The number of hydrogen-bond acceptors (Lipinski definition) is 4. The fourth-order valence-electron chi connectivity index (χ4n) is 2.40. The molecule has 1 aromatic rings. The molecule has 0 saturated carbocycles. The van der Waals surface area contributed by atoms with Gasteiger partial charge in [-0.15, -0.1) is 0 Å².